The minimum absolute atomic E-state index is 0.0390. The van der Waals surface area contributed by atoms with E-state index >= 15 is 0 Å². The maximum absolute atomic E-state index is 10.2. The van der Waals surface area contributed by atoms with Crippen molar-refractivity contribution in [3.63, 3.8) is 0 Å². The molecule has 0 saturated heterocycles. The Morgan fingerprint density at radius 3 is 2.73 bits per heavy atom. The van der Waals surface area contributed by atoms with Crippen LogP contribution in [0.2, 0.25) is 0 Å². The average Bonchev–Trinajstić information content (AvgIpc) is 2.16. The first-order valence-electron chi connectivity index (χ1n) is 4.52. The number of carboxylic acid groups (broad SMARTS) is 1. The fourth-order valence-corrected chi connectivity index (χ4v) is 0.876. The van der Waals surface area contributed by atoms with Gasteiger partial charge in [-0.2, -0.15) is 0 Å². The standard InChI is InChI=1S/C9H13N3O3/c1-6(2)15-8-4-10-7(3-12-8)11-5-9(13)14/h3-4,6H,5H2,1-2H3,(H,10,11)(H,13,14). The molecule has 0 bridgehead atoms. The molecule has 0 fully saturated rings. The fourth-order valence-electron chi connectivity index (χ4n) is 0.876. The van der Waals surface area contributed by atoms with Gasteiger partial charge in [-0.3, -0.25) is 4.79 Å². The number of nitrogens with one attached hydrogen (secondary N) is 1. The first kappa shape index (κ1) is 11.2. The van der Waals surface area contributed by atoms with E-state index in [-0.39, 0.29) is 12.6 Å². The third kappa shape index (κ3) is 4.26. The number of nitrogens with zero attached hydrogens (tertiary/aromatic N) is 2. The molecule has 1 aromatic heterocycles. The van der Waals surface area contributed by atoms with Gasteiger partial charge in [-0.1, -0.05) is 0 Å². The minimum Gasteiger partial charge on any atom is -0.480 e. The summed E-state index contributed by atoms with van der Waals surface area (Å²) in [4.78, 5) is 18.1. The van der Waals surface area contributed by atoms with Gasteiger partial charge >= 0.3 is 5.97 Å². The van der Waals surface area contributed by atoms with Crippen molar-refractivity contribution >= 4 is 11.8 Å². The molecule has 0 aliphatic carbocycles. The monoisotopic (exact) mass is 211 g/mol. The summed E-state index contributed by atoms with van der Waals surface area (Å²) in [5, 5.41) is 11.0. The van der Waals surface area contributed by atoms with E-state index in [0.29, 0.717) is 11.7 Å². The predicted octanol–water partition coefficient (Wildman–Crippen LogP) is 0.760. The molecule has 0 radical (unpaired) electrons. The molecule has 6 nitrogen and oxygen atoms in total. The van der Waals surface area contributed by atoms with Gasteiger partial charge in [-0.15, -0.1) is 0 Å². The lowest BCUT2D eigenvalue weighted by molar-refractivity contribution is -0.134. The first-order chi connectivity index (χ1) is 7.08. The summed E-state index contributed by atoms with van der Waals surface area (Å²) in [6, 6.07) is 0. The van der Waals surface area contributed by atoms with Crippen molar-refractivity contribution in [2.24, 2.45) is 0 Å². The molecule has 82 valence electrons. The smallest absolute Gasteiger partial charge is 0.322 e. The number of carbonyl (C=O) groups is 1. The lowest BCUT2D eigenvalue weighted by Gasteiger charge is -2.08. The highest BCUT2D eigenvalue weighted by Crippen LogP contribution is 2.08. The summed E-state index contributed by atoms with van der Waals surface area (Å²) in [5.41, 5.74) is 0. The van der Waals surface area contributed by atoms with E-state index in [4.69, 9.17) is 9.84 Å². The first-order valence-corrected chi connectivity index (χ1v) is 4.52. The van der Waals surface area contributed by atoms with Crippen LogP contribution in [0.25, 0.3) is 0 Å². The Balaban J connectivity index is 2.52. The predicted molar refractivity (Wildman–Crippen MR) is 53.9 cm³/mol. The van der Waals surface area contributed by atoms with Crippen molar-refractivity contribution < 1.29 is 14.6 Å². The molecule has 2 N–H and O–H groups in total. The van der Waals surface area contributed by atoms with Crippen LogP contribution in [0.1, 0.15) is 13.8 Å². The van der Waals surface area contributed by atoms with Crippen LogP contribution in [0.3, 0.4) is 0 Å². The van der Waals surface area contributed by atoms with Crippen LogP contribution >= 0.6 is 0 Å². The van der Waals surface area contributed by atoms with E-state index in [1.54, 1.807) is 0 Å². The van der Waals surface area contributed by atoms with E-state index < -0.39 is 5.97 Å². The zero-order valence-electron chi connectivity index (χ0n) is 8.60. The van der Waals surface area contributed by atoms with E-state index in [0.717, 1.165) is 0 Å². The average molecular weight is 211 g/mol. The second-order valence-electron chi connectivity index (χ2n) is 3.15. The number of aliphatic carboxylic acids is 1. The molecule has 1 heterocycles. The van der Waals surface area contributed by atoms with Crippen LogP contribution in [0.15, 0.2) is 12.4 Å². The number of aromatic nitrogens is 2. The van der Waals surface area contributed by atoms with Gasteiger partial charge in [0.2, 0.25) is 5.88 Å². The molecule has 15 heavy (non-hydrogen) atoms. The summed E-state index contributed by atoms with van der Waals surface area (Å²) in [5.74, 6) is -0.112. The van der Waals surface area contributed by atoms with Crippen LogP contribution in [0.4, 0.5) is 5.82 Å². The van der Waals surface area contributed by atoms with Crippen molar-refractivity contribution in [1.29, 1.82) is 0 Å². The SMILES string of the molecule is CC(C)Oc1cnc(NCC(=O)O)cn1. The van der Waals surface area contributed by atoms with Crippen molar-refractivity contribution in [3.05, 3.63) is 12.4 Å². The van der Waals surface area contributed by atoms with E-state index in [2.05, 4.69) is 15.3 Å². The van der Waals surface area contributed by atoms with Gasteiger partial charge in [0.15, 0.2) is 0 Å². The molecule has 1 rings (SSSR count). The third-order valence-electron chi connectivity index (χ3n) is 1.41. The van der Waals surface area contributed by atoms with Gasteiger partial charge < -0.3 is 15.2 Å². The number of hydrogen-bond donors (Lipinski definition) is 2. The van der Waals surface area contributed by atoms with Crippen LogP contribution in [0.5, 0.6) is 5.88 Å². The van der Waals surface area contributed by atoms with Crippen molar-refractivity contribution in [3.8, 4) is 5.88 Å². The van der Waals surface area contributed by atoms with Gasteiger partial charge in [0.1, 0.15) is 12.4 Å². The number of rotatable bonds is 5. The molecule has 0 aromatic carbocycles. The Hall–Kier alpha value is -1.85. The summed E-state index contributed by atoms with van der Waals surface area (Å²) >= 11 is 0. The molecule has 0 unspecified atom stereocenters. The topological polar surface area (TPSA) is 84.3 Å². The Morgan fingerprint density at radius 2 is 2.27 bits per heavy atom. The molecule has 0 atom stereocenters. The number of carboxylic acids is 1. The zero-order valence-corrected chi connectivity index (χ0v) is 8.60. The molecule has 6 heteroatoms. The maximum atomic E-state index is 10.2. The van der Waals surface area contributed by atoms with E-state index in [9.17, 15) is 4.79 Å². The molecular formula is C9H13N3O3. The summed E-state index contributed by atoms with van der Waals surface area (Å²) in [7, 11) is 0. The molecular weight excluding hydrogens is 198 g/mol. The third-order valence-corrected chi connectivity index (χ3v) is 1.41. The Bertz CT molecular complexity index is 324. The normalized spacial score (nSPS) is 10.1. The molecule has 0 saturated carbocycles. The van der Waals surface area contributed by atoms with Gasteiger partial charge in [-0.05, 0) is 13.8 Å². The quantitative estimate of drug-likeness (QED) is 0.748. The Labute approximate surface area is 87.3 Å². The summed E-state index contributed by atoms with van der Waals surface area (Å²) < 4.78 is 5.28. The van der Waals surface area contributed by atoms with Gasteiger partial charge in [0.05, 0.1) is 18.5 Å². The Kier molecular flexibility index (Phi) is 3.84. The second kappa shape index (κ2) is 5.14. The zero-order chi connectivity index (χ0) is 11.3. The minimum atomic E-state index is -0.945. The van der Waals surface area contributed by atoms with Crippen molar-refractivity contribution in [2.45, 2.75) is 20.0 Å². The summed E-state index contributed by atoms with van der Waals surface area (Å²) in [6.45, 7) is 3.59. The van der Waals surface area contributed by atoms with Crippen molar-refractivity contribution in [1.82, 2.24) is 9.97 Å². The summed E-state index contributed by atoms with van der Waals surface area (Å²) in [6.07, 6.45) is 2.92. The van der Waals surface area contributed by atoms with Gasteiger partial charge in [0.25, 0.3) is 0 Å². The van der Waals surface area contributed by atoms with Crippen LogP contribution in [0, 0.1) is 0 Å². The fraction of sp³-hybridized carbons (Fsp3) is 0.444. The van der Waals surface area contributed by atoms with Crippen LogP contribution < -0.4 is 10.1 Å². The largest absolute Gasteiger partial charge is 0.480 e. The maximum Gasteiger partial charge on any atom is 0.322 e. The lowest BCUT2D eigenvalue weighted by Crippen LogP contribution is -2.13. The van der Waals surface area contributed by atoms with Crippen molar-refractivity contribution in [2.75, 3.05) is 11.9 Å². The van der Waals surface area contributed by atoms with E-state index in [1.165, 1.54) is 12.4 Å². The van der Waals surface area contributed by atoms with E-state index in [1.807, 2.05) is 13.8 Å². The van der Waals surface area contributed by atoms with Crippen LogP contribution in [-0.2, 0) is 4.79 Å². The van der Waals surface area contributed by atoms with Gasteiger partial charge in [-0.25, -0.2) is 9.97 Å². The van der Waals surface area contributed by atoms with Gasteiger partial charge in [0, 0.05) is 0 Å². The molecule has 0 aliphatic heterocycles. The molecule has 0 amide bonds. The van der Waals surface area contributed by atoms with Crippen LogP contribution in [-0.4, -0.2) is 33.7 Å². The highest BCUT2D eigenvalue weighted by molar-refractivity contribution is 5.72. The molecule has 0 spiro atoms. The number of hydrogen-bond acceptors (Lipinski definition) is 5. The number of anilines is 1. The number of ether oxygens (including phenoxy) is 1. The highest BCUT2D eigenvalue weighted by atomic mass is 16.5. The molecule has 0 aliphatic rings. The second-order valence-corrected chi connectivity index (χ2v) is 3.15. The lowest BCUT2D eigenvalue weighted by atomic mass is 10.5. The Morgan fingerprint density at radius 1 is 1.53 bits per heavy atom. The molecule has 1 aromatic rings. The highest BCUT2D eigenvalue weighted by Gasteiger charge is 2.01.